The summed E-state index contributed by atoms with van der Waals surface area (Å²) in [6.07, 6.45) is 5.83. The van der Waals surface area contributed by atoms with Crippen LogP contribution in [0.15, 0.2) is 24.3 Å². The van der Waals surface area contributed by atoms with Crippen LogP contribution in [0, 0.1) is 6.92 Å². The van der Waals surface area contributed by atoms with Gasteiger partial charge in [-0.2, -0.15) is 0 Å². The van der Waals surface area contributed by atoms with E-state index in [9.17, 15) is 4.79 Å². The summed E-state index contributed by atoms with van der Waals surface area (Å²) in [6, 6.07) is 8.96. The molecule has 1 aliphatic heterocycles. The molecule has 1 heterocycles. The van der Waals surface area contributed by atoms with Gasteiger partial charge >= 0.3 is 0 Å². The van der Waals surface area contributed by atoms with Crippen LogP contribution in [-0.4, -0.2) is 23.8 Å². The number of Topliss-reactive ketones (excluding diaryl/α,β-unsaturated/α-hetero) is 1. The second-order valence-electron chi connectivity index (χ2n) is 5.78. The van der Waals surface area contributed by atoms with E-state index in [1.165, 1.54) is 36.8 Å². The Balaban J connectivity index is 2.18. The van der Waals surface area contributed by atoms with Gasteiger partial charge in [0.1, 0.15) is 5.78 Å². The molecule has 1 fully saturated rings. The van der Waals surface area contributed by atoms with Crippen molar-refractivity contribution >= 4 is 5.78 Å². The summed E-state index contributed by atoms with van der Waals surface area (Å²) in [5, 5.41) is 0. The first-order valence-electron chi connectivity index (χ1n) is 7.47. The molecule has 0 bridgehead atoms. The van der Waals surface area contributed by atoms with Crippen molar-refractivity contribution < 1.29 is 4.79 Å². The molecule has 19 heavy (non-hydrogen) atoms. The molecular weight excluding hydrogens is 234 g/mol. The zero-order valence-corrected chi connectivity index (χ0v) is 12.2. The molecule has 0 aliphatic carbocycles. The van der Waals surface area contributed by atoms with Crippen molar-refractivity contribution in [2.24, 2.45) is 0 Å². The molecule has 1 saturated heterocycles. The van der Waals surface area contributed by atoms with Gasteiger partial charge in [0.2, 0.25) is 0 Å². The van der Waals surface area contributed by atoms with Crippen LogP contribution in [0.25, 0.3) is 0 Å². The number of nitrogens with zero attached hydrogens (tertiary/aromatic N) is 1. The smallest absolute Gasteiger partial charge is 0.131 e. The Hall–Kier alpha value is -1.15. The molecular formula is C17H25NO. The van der Waals surface area contributed by atoms with Crippen molar-refractivity contribution in [3.05, 3.63) is 35.4 Å². The molecule has 0 radical (unpaired) electrons. The van der Waals surface area contributed by atoms with Gasteiger partial charge in [-0.3, -0.25) is 9.69 Å². The SMILES string of the molecule is CC(=O)CC(c1ccc(C)cc1)N1CCCCCC1. The van der Waals surface area contributed by atoms with E-state index in [-0.39, 0.29) is 11.8 Å². The summed E-state index contributed by atoms with van der Waals surface area (Å²) in [5.74, 6) is 0.287. The van der Waals surface area contributed by atoms with E-state index >= 15 is 0 Å². The van der Waals surface area contributed by atoms with Gasteiger partial charge in [-0.1, -0.05) is 42.7 Å². The monoisotopic (exact) mass is 259 g/mol. The molecule has 2 rings (SSSR count). The average Bonchev–Trinajstić information content (AvgIpc) is 2.65. The van der Waals surface area contributed by atoms with E-state index in [1.807, 2.05) is 0 Å². The lowest BCUT2D eigenvalue weighted by Gasteiger charge is -2.30. The summed E-state index contributed by atoms with van der Waals surface area (Å²) in [4.78, 5) is 14.1. The van der Waals surface area contributed by atoms with E-state index in [1.54, 1.807) is 6.92 Å². The molecule has 2 heteroatoms. The summed E-state index contributed by atoms with van der Waals surface area (Å²) in [7, 11) is 0. The second-order valence-corrected chi connectivity index (χ2v) is 5.78. The first kappa shape index (κ1) is 14.3. The van der Waals surface area contributed by atoms with Crippen LogP contribution in [0.1, 0.15) is 56.2 Å². The Kier molecular flexibility index (Phi) is 5.15. The van der Waals surface area contributed by atoms with Crippen LogP contribution in [0.5, 0.6) is 0 Å². The van der Waals surface area contributed by atoms with Gasteiger partial charge in [0.25, 0.3) is 0 Å². The highest BCUT2D eigenvalue weighted by Crippen LogP contribution is 2.27. The molecule has 0 N–H and O–H groups in total. The zero-order chi connectivity index (χ0) is 13.7. The maximum absolute atomic E-state index is 11.6. The van der Waals surface area contributed by atoms with Gasteiger partial charge in [-0.25, -0.2) is 0 Å². The van der Waals surface area contributed by atoms with E-state index in [0.29, 0.717) is 6.42 Å². The summed E-state index contributed by atoms with van der Waals surface area (Å²) >= 11 is 0. The minimum Gasteiger partial charge on any atom is -0.300 e. The number of likely N-dealkylation sites (tertiary alicyclic amines) is 1. The number of rotatable bonds is 4. The first-order valence-corrected chi connectivity index (χ1v) is 7.47. The molecule has 2 nitrogen and oxygen atoms in total. The van der Waals surface area contributed by atoms with Crippen LogP contribution < -0.4 is 0 Å². The van der Waals surface area contributed by atoms with Gasteiger partial charge in [0, 0.05) is 12.5 Å². The molecule has 0 saturated carbocycles. The van der Waals surface area contributed by atoms with Crippen molar-refractivity contribution in [2.45, 2.75) is 52.0 Å². The number of benzene rings is 1. The average molecular weight is 259 g/mol. The minimum atomic E-state index is 0.274. The molecule has 1 atom stereocenters. The Labute approximate surface area is 116 Å². The van der Waals surface area contributed by atoms with Gasteiger partial charge in [-0.05, 0) is 45.3 Å². The van der Waals surface area contributed by atoms with Crippen LogP contribution in [-0.2, 0) is 4.79 Å². The van der Waals surface area contributed by atoms with Crippen LogP contribution >= 0.6 is 0 Å². The first-order chi connectivity index (χ1) is 9.16. The van der Waals surface area contributed by atoms with Crippen molar-refractivity contribution in [1.29, 1.82) is 0 Å². The van der Waals surface area contributed by atoms with E-state index in [4.69, 9.17) is 0 Å². The third kappa shape index (κ3) is 4.17. The standard InChI is InChI=1S/C17H25NO/c1-14-7-9-16(10-8-14)17(13-15(2)19)18-11-5-3-4-6-12-18/h7-10,17H,3-6,11-13H2,1-2H3. The van der Waals surface area contributed by atoms with Gasteiger partial charge < -0.3 is 0 Å². The summed E-state index contributed by atoms with van der Waals surface area (Å²) in [6.45, 7) is 6.08. The highest BCUT2D eigenvalue weighted by Gasteiger charge is 2.22. The van der Waals surface area contributed by atoms with Crippen molar-refractivity contribution in [2.75, 3.05) is 13.1 Å². The molecule has 1 aliphatic rings. The number of hydrogen-bond donors (Lipinski definition) is 0. The number of carbonyl (C=O) groups is 1. The highest BCUT2D eigenvalue weighted by molar-refractivity contribution is 5.76. The van der Waals surface area contributed by atoms with Gasteiger partial charge in [0.15, 0.2) is 0 Å². The number of carbonyl (C=O) groups excluding carboxylic acids is 1. The lowest BCUT2D eigenvalue weighted by molar-refractivity contribution is -0.118. The van der Waals surface area contributed by atoms with Crippen LogP contribution in [0.2, 0.25) is 0 Å². The minimum absolute atomic E-state index is 0.274. The normalized spacial score (nSPS) is 18.8. The fourth-order valence-electron chi connectivity index (χ4n) is 2.93. The third-order valence-corrected chi connectivity index (χ3v) is 4.02. The molecule has 0 aromatic heterocycles. The highest BCUT2D eigenvalue weighted by atomic mass is 16.1. The quantitative estimate of drug-likeness (QED) is 0.817. The van der Waals surface area contributed by atoms with Crippen molar-refractivity contribution in [1.82, 2.24) is 4.90 Å². The Bertz CT molecular complexity index is 402. The van der Waals surface area contributed by atoms with Crippen LogP contribution in [0.4, 0.5) is 0 Å². The molecule has 1 unspecified atom stereocenters. The van der Waals surface area contributed by atoms with Crippen molar-refractivity contribution in [3.63, 3.8) is 0 Å². The molecule has 1 aromatic rings. The van der Waals surface area contributed by atoms with E-state index < -0.39 is 0 Å². The summed E-state index contributed by atoms with van der Waals surface area (Å²) < 4.78 is 0. The molecule has 0 spiro atoms. The zero-order valence-electron chi connectivity index (χ0n) is 12.2. The Morgan fingerprint density at radius 3 is 2.21 bits per heavy atom. The maximum atomic E-state index is 11.6. The lowest BCUT2D eigenvalue weighted by atomic mass is 9.98. The van der Waals surface area contributed by atoms with Crippen LogP contribution in [0.3, 0.4) is 0 Å². The van der Waals surface area contributed by atoms with Gasteiger partial charge in [-0.15, -0.1) is 0 Å². The number of ketones is 1. The fourth-order valence-corrected chi connectivity index (χ4v) is 2.93. The number of hydrogen-bond acceptors (Lipinski definition) is 2. The maximum Gasteiger partial charge on any atom is 0.131 e. The largest absolute Gasteiger partial charge is 0.300 e. The Morgan fingerprint density at radius 2 is 1.68 bits per heavy atom. The third-order valence-electron chi connectivity index (χ3n) is 4.02. The topological polar surface area (TPSA) is 20.3 Å². The Morgan fingerprint density at radius 1 is 1.11 bits per heavy atom. The summed E-state index contributed by atoms with van der Waals surface area (Å²) in [5.41, 5.74) is 2.57. The van der Waals surface area contributed by atoms with Gasteiger partial charge in [0.05, 0.1) is 0 Å². The molecule has 104 valence electrons. The van der Waals surface area contributed by atoms with E-state index in [2.05, 4.69) is 36.1 Å². The molecule has 0 amide bonds. The lowest BCUT2D eigenvalue weighted by Crippen LogP contribution is -2.31. The van der Waals surface area contributed by atoms with E-state index in [0.717, 1.165) is 13.1 Å². The predicted molar refractivity (Wildman–Crippen MR) is 79.3 cm³/mol. The van der Waals surface area contributed by atoms with Crippen molar-refractivity contribution in [3.8, 4) is 0 Å². The fraction of sp³-hybridized carbons (Fsp3) is 0.588. The number of aryl methyl sites for hydroxylation is 1. The second kappa shape index (κ2) is 6.85. The predicted octanol–water partition coefficient (Wildman–Crippen LogP) is 3.89. The molecule has 1 aromatic carbocycles.